The number of ether oxygens (including phenoxy) is 1. The summed E-state index contributed by atoms with van der Waals surface area (Å²) in [7, 11) is 0. The molecule has 4 nitrogen and oxygen atoms in total. The summed E-state index contributed by atoms with van der Waals surface area (Å²) in [5.41, 5.74) is 1.27. The van der Waals surface area contributed by atoms with Gasteiger partial charge in [0.25, 0.3) is 5.91 Å². The molecule has 0 saturated heterocycles. The zero-order valence-corrected chi connectivity index (χ0v) is 14.0. The molecule has 1 aliphatic heterocycles. The van der Waals surface area contributed by atoms with E-state index in [1.807, 2.05) is 18.2 Å². The van der Waals surface area contributed by atoms with Crippen molar-refractivity contribution in [1.82, 2.24) is 5.32 Å². The SMILES string of the molecule is CCOC(=O)C1=C(NC(=O)c2ccccc2)S[C@@H]2CCCC[C@H]12. The highest BCUT2D eigenvalue weighted by molar-refractivity contribution is 8.04. The molecule has 3 rings (SSSR count). The number of nitrogens with one attached hydrogen (secondary N) is 1. The Morgan fingerprint density at radius 2 is 1.96 bits per heavy atom. The number of rotatable bonds is 4. The van der Waals surface area contributed by atoms with Crippen molar-refractivity contribution in [3.05, 3.63) is 46.5 Å². The summed E-state index contributed by atoms with van der Waals surface area (Å²) >= 11 is 1.63. The van der Waals surface area contributed by atoms with E-state index in [2.05, 4.69) is 5.32 Å². The van der Waals surface area contributed by atoms with Crippen molar-refractivity contribution in [3.8, 4) is 0 Å². The predicted octanol–water partition coefficient (Wildman–Crippen LogP) is 3.50. The second kappa shape index (κ2) is 7.21. The summed E-state index contributed by atoms with van der Waals surface area (Å²) < 4.78 is 5.23. The van der Waals surface area contributed by atoms with Gasteiger partial charge in [0, 0.05) is 16.7 Å². The maximum Gasteiger partial charge on any atom is 0.336 e. The van der Waals surface area contributed by atoms with Crippen LogP contribution in [-0.4, -0.2) is 23.7 Å². The lowest BCUT2D eigenvalue weighted by Crippen LogP contribution is -2.26. The van der Waals surface area contributed by atoms with E-state index in [1.165, 1.54) is 6.42 Å². The number of hydrogen-bond donors (Lipinski definition) is 1. The maximum absolute atomic E-state index is 12.4. The van der Waals surface area contributed by atoms with Crippen molar-refractivity contribution in [3.63, 3.8) is 0 Å². The lowest BCUT2D eigenvalue weighted by atomic mass is 9.84. The second-order valence-corrected chi connectivity index (χ2v) is 7.08. The number of carbonyl (C=O) groups excluding carboxylic acids is 2. The Bertz CT molecular complexity index is 626. The number of esters is 1. The van der Waals surface area contributed by atoms with E-state index in [0.717, 1.165) is 19.3 Å². The molecule has 23 heavy (non-hydrogen) atoms. The van der Waals surface area contributed by atoms with E-state index in [4.69, 9.17) is 4.74 Å². The third kappa shape index (κ3) is 3.44. The number of benzene rings is 1. The number of amides is 1. The minimum atomic E-state index is -0.280. The van der Waals surface area contributed by atoms with E-state index in [1.54, 1.807) is 30.8 Å². The van der Waals surface area contributed by atoms with Crippen LogP contribution < -0.4 is 5.32 Å². The lowest BCUT2D eigenvalue weighted by Gasteiger charge is -2.25. The first-order chi connectivity index (χ1) is 11.2. The normalized spacial score (nSPS) is 23.3. The van der Waals surface area contributed by atoms with Gasteiger partial charge < -0.3 is 10.1 Å². The zero-order chi connectivity index (χ0) is 16.2. The molecule has 1 aromatic carbocycles. The standard InChI is InChI=1S/C18H21NO3S/c1-2-22-18(21)15-13-10-6-7-11-14(13)23-17(15)19-16(20)12-8-4-3-5-9-12/h3-5,8-9,13-14H,2,6-7,10-11H2,1H3,(H,19,20)/t13-,14+/m0/s1. The highest BCUT2D eigenvalue weighted by Gasteiger charge is 2.41. The Morgan fingerprint density at radius 1 is 1.22 bits per heavy atom. The Morgan fingerprint density at radius 3 is 2.70 bits per heavy atom. The van der Waals surface area contributed by atoms with Crippen LogP contribution in [0.25, 0.3) is 0 Å². The van der Waals surface area contributed by atoms with E-state index >= 15 is 0 Å². The fourth-order valence-corrected chi connectivity index (χ4v) is 4.80. The molecule has 0 aromatic heterocycles. The third-order valence-corrected chi connectivity index (χ3v) is 5.77. The Labute approximate surface area is 140 Å². The summed E-state index contributed by atoms with van der Waals surface area (Å²) in [5, 5.41) is 4.02. The van der Waals surface area contributed by atoms with Gasteiger partial charge in [-0.3, -0.25) is 4.79 Å². The topological polar surface area (TPSA) is 55.4 Å². The van der Waals surface area contributed by atoms with E-state index in [9.17, 15) is 9.59 Å². The third-order valence-electron chi connectivity index (χ3n) is 4.35. The summed E-state index contributed by atoms with van der Waals surface area (Å²) in [5.74, 6) is -0.245. The van der Waals surface area contributed by atoms with Crippen LogP contribution in [0, 0.1) is 5.92 Å². The van der Waals surface area contributed by atoms with Gasteiger partial charge >= 0.3 is 5.97 Å². The monoisotopic (exact) mass is 331 g/mol. The molecule has 0 unspecified atom stereocenters. The highest BCUT2D eigenvalue weighted by atomic mass is 32.2. The summed E-state index contributed by atoms with van der Waals surface area (Å²) in [6, 6.07) is 9.08. The first-order valence-corrected chi connectivity index (χ1v) is 9.03. The average molecular weight is 331 g/mol. The van der Waals surface area contributed by atoms with Crippen LogP contribution in [0.2, 0.25) is 0 Å². The predicted molar refractivity (Wildman–Crippen MR) is 90.9 cm³/mol. The van der Waals surface area contributed by atoms with Gasteiger partial charge in [0.15, 0.2) is 0 Å². The van der Waals surface area contributed by atoms with E-state index in [0.29, 0.717) is 28.0 Å². The molecule has 0 bridgehead atoms. The fourth-order valence-electron chi connectivity index (χ4n) is 3.27. The van der Waals surface area contributed by atoms with Crippen molar-refractivity contribution in [2.24, 2.45) is 5.92 Å². The van der Waals surface area contributed by atoms with Crippen LogP contribution in [0.15, 0.2) is 40.9 Å². The van der Waals surface area contributed by atoms with Crippen LogP contribution in [0.1, 0.15) is 43.0 Å². The Balaban J connectivity index is 1.84. The largest absolute Gasteiger partial charge is 0.463 e. The van der Waals surface area contributed by atoms with Crippen LogP contribution in [0.4, 0.5) is 0 Å². The number of fused-ring (bicyclic) bond motifs is 1. The minimum absolute atomic E-state index is 0.173. The summed E-state index contributed by atoms with van der Waals surface area (Å²) in [6.07, 6.45) is 4.40. The van der Waals surface area contributed by atoms with Gasteiger partial charge in [0.2, 0.25) is 0 Å². The molecule has 1 saturated carbocycles. The van der Waals surface area contributed by atoms with Crippen LogP contribution in [0.5, 0.6) is 0 Å². The first-order valence-electron chi connectivity index (χ1n) is 8.15. The Hall–Kier alpha value is -1.75. The number of thioether (sulfide) groups is 1. The van der Waals surface area contributed by atoms with Gasteiger partial charge in [-0.1, -0.05) is 31.0 Å². The van der Waals surface area contributed by atoms with Crippen LogP contribution in [-0.2, 0) is 9.53 Å². The van der Waals surface area contributed by atoms with Gasteiger partial charge in [-0.05, 0) is 31.9 Å². The summed E-state index contributed by atoms with van der Waals surface area (Å²) in [4.78, 5) is 24.8. The fraction of sp³-hybridized carbons (Fsp3) is 0.444. The second-order valence-electron chi connectivity index (χ2n) is 5.83. The molecule has 1 fully saturated rings. The van der Waals surface area contributed by atoms with Crippen molar-refractivity contribution in [2.45, 2.75) is 37.9 Å². The molecule has 0 spiro atoms. The molecule has 1 heterocycles. The smallest absolute Gasteiger partial charge is 0.336 e. The van der Waals surface area contributed by atoms with Crippen LogP contribution >= 0.6 is 11.8 Å². The Kier molecular flexibility index (Phi) is 5.06. The quantitative estimate of drug-likeness (QED) is 0.858. The van der Waals surface area contributed by atoms with E-state index < -0.39 is 0 Å². The molecular formula is C18H21NO3S. The van der Waals surface area contributed by atoms with Gasteiger partial charge in [0.1, 0.15) is 0 Å². The van der Waals surface area contributed by atoms with Crippen molar-refractivity contribution < 1.29 is 14.3 Å². The molecule has 2 atom stereocenters. The molecule has 1 aliphatic carbocycles. The van der Waals surface area contributed by atoms with Gasteiger partial charge in [-0.2, -0.15) is 0 Å². The molecule has 1 N–H and O–H groups in total. The van der Waals surface area contributed by atoms with Crippen LogP contribution in [0.3, 0.4) is 0 Å². The first kappa shape index (κ1) is 16.1. The molecule has 2 aliphatic rings. The number of carbonyl (C=O) groups is 2. The van der Waals surface area contributed by atoms with Crippen molar-refractivity contribution in [2.75, 3.05) is 6.61 Å². The highest BCUT2D eigenvalue weighted by Crippen LogP contribution is 2.48. The molecule has 1 aromatic rings. The lowest BCUT2D eigenvalue weighted by molar-refractivity contribution is -0.139. The maximum atomic E-state index is 12.4. The zero-order valence-electron chi connectivity index (χ0n) is 13.2. The molecule has 5 heteroatoms. The molecule has 122 valence electrons. The minimum Gasteiger partial charge on any atom is -0.463 e. The molecule has 1 amide bonds. The van der Waals surface area contributed by atoms with Gasteiger partial charge in [0.05, 0.1) is 17.2 Å². The van der Waals surface area contributed by atoms with E-state index in [-0.39, 0.29) is 17.8 Å². The van der Waals surface area contributed by atoms with Gasteiger partial charge in [-0.25, -0.2) is 4.79 Å². The van der Waals surface area contributed by atoms with Crippen molar-refractivity contribution >= 4 is 23.6 Å². The van der Waals surface area contributed by atoms with Gasteiger partial charge in [-0.15, -0.1) is 11.8 Å². The number of hydrogen-bond acceptors (Lipinski definition) is 4. The summed E-state index contributed by atoms with van der Waals surface area (Å²) in [6.45, 7) is 2.16. The average Bonchev–Trinajstić information content (AvgIpc) is 2.93. The van der Waals surface area contributed by atoms with Crippen molar-refractivity contribution in [1.29, 1.82) is 0 Å². The molecular weight excluding hydrogens is 310 g/mol. The molecule has 0 radical (unpaired) electrons.